The first-order chi connectivity index (χ1) is 7.61. The molecule has 6 heteroatoms. The molecule has 1 saturated heterocycles. The molecule has 1 aliphatic carbocycles. The molecule has 5 nitrogen and oxygen atoms in total. The van der Waals surface area contributed by atoms with Crippen molar-refractivity contribution in [2.45, 2.75) is 39.7 Å². The Labute approximate surface area is 104 Å². The summed E-state index contributed by atoms with van der Waals surface area (Å²) in [6, 6.07) is 0.103. The summed E-state index contributed by atoms with van der Waals surface area (Å²) in [4.78, 5) is 0. The predicted molar refractivity (Wildman–Crippen MR) is 67.6 cm³/mol. The van der Waals surface area contributed by atoms with Crippen molar-refractivity contribution in [2.75, 3.05) is 19.6 Å². The zero-order valence-electron chi connectivity index (χ0n) is 10.9. The van der Waals surface area contributed by atoms with Gasteiger partial charge in [0.15, 0.2) is 0 Å². The molecule has 2 rings (SSSR count). The highest BCUT2D eigenvalue weighted by Gasteiger charge is 2.52. The van der Waals surface area contributed by atoms with Gasteiger partial charge >= 0.3 is 0 Å². The number of nitrogens with one attached hydrogen (secondary N) is 1. The Morgan fingerprint density at radius 1 is 1.35 bits per heavy atom. The Morgan fingerprint density at radius 2 is 1.88 bits per heavy atom. The van der Waals surface area contributed by atoms with Crippen LogP contribution in [0.3, 0.4) is 0 Å². The van der Waals surface area contributed by atoms with E-state index in [1.807, 2.05) is 20.8 Å². The summed E-state index contributed by atoms with van der Waals surface area (Å²) < 4.78 is 24.8. The van der Waals surface area contributed by atoms with Crippen LogP contribution < -0.4 is 10.5 Å². The van der Waals surface area contributed by atoms with Gasteiger partial charge in [-0.15, -0.1) is 0 Å². The van der Waals surface area contributed by atoms with Crippen molar-refractivity contribution in [3.8, 4) is 0 Å². The fourth-order valence-corrected chi connectivity index (χ4v) is 3.94. The third-order valence-corrected chi connectivity index (χ3v) is 4.78. The molecule has 1 saturated carbocycles. The molecule has 0 aromatic heterocycles. The van der Waals surface area contributed by atoms with Gasteiger partial charge in [0.05, 0.1) is 0 Å². The van der Waals surface area contributed by atoms with Crippen molar-refractivity contribution in [1.82, 2.24) is 9.62 Å². The summed E-state index contributed by atoms with van der Waals surface area (Å²) in [6.07, 6.45) is 1.90. The Kier molecular flexibility index (Phi) is 3.05. The monoisotopic (exact) mass is 261 g/mol. The number of hydrogen-bond acceptors (Lipinski definition) is 3. The highest BCUT2D eigenvalue weighted by Crippen LogP contribution is 2.47. The van der Waals surface area contributed by atoms with E-state index in [9.17, 15) is 8.42 Å². The molecule has 0 radical (unpaired) electrons. The van der Waals surface area contributed by atoms with Crippen LogP contribution in [0.25, 0.3) is 0 Å². The van der Waals surface area contributed by atoms with Crippen LogP contribution in [0.2, 0.25) is 0 Å². The second-order valence-electron chi connectivity index (χ2n) is 6.82. The molecular weight excluding hydrogens is 238 g/mol. The van der Waals surface area contributed by atoms with Crippen LogP contribution in [0.5, 0.6) is 0 Å². The largest absolute Gasteiger partial charge is 0.316 e. The molecule has 1 spiro atoms. The lowest BCUT2D eigenvalue weighted by Crippen LogP contribution is -2.66. The van der Waals surface area contributed by atoms with E-state index in [2.05, 4.69) is 5.32 Å². The lowest BCUT2D eigenvalue weighted by molar-refractivity contribution is -0.0134. The van der Waals surface area contributed by atoms with Gasteiger partial charge in [-0.05, 0) is 23.7 Å². The van der Waals surface area contributed by atoms with Gasteiger partial charge in [0.25, 0.3) is 10.2 Å². The molecule has 0 amide bonds. The van der Waals surface area contributed by atoms with E-state index in [1.165, 1.54) is 4.31 Å². The van der Waals surface area contributed by atoms with Crippen molar-refractivity contribution >= 4 is 10.2 Å². The zero-order chi connectivity index (χ0) is 12.9. The Morgan fingerprint density at radius 3 is 2.18 bits per heavy atom. The second-order valence-corrected chi connectivity index (χ2v) is 8.32. The fourth-order valence-electron chi connectivity index (χ4n) is 2.81. The first-order valence-corrected chi connectivity index (χ1v) is 7.62. The smallest absolute Gasteiger partial charge is 0.277 e. The van der Waals surface area contributed by atoms with Gasteiger partial charge in [-0.25, -0.2) is 5.14 Å². The molecule has 0 bridgehead atoms. The molecule has 0 aromatic carbocycles. The van der Waals surface area contributed by atoms with E-state index in [0.29, 0.717) is 12.0 Å². The first kappa shape index (κ1) is 13.3. The van der Waals surface area contributed by atoms with E-state index in [4.69, 9.17) is 5.14 Å². The molecule has 2 aliphatic rings. The van der Waals surface area contributed by atoms with E-state index in [0.717, 1.165) is 25.9 Å². The number of nitrogens with zero attached hydrogens (tertiary/aromatic N) is 1. The minimum Gasteiger partial charge on any atom is -0.316 e. The quantitative estimate of drug-likeness (QED) is 0.767. The van der Waals surface area contributed by atoms with Crippen LogP contribution in [0.1, 0.15) is 33.6 Å². The fraction of sp³-hybridized carbons (Fsp3) is 1.00. The summed E-state index contributed by atoms with van der Waals surface area (Å²) in [6.45, 7) is 8.65. The highest BCUT2D eigenvalue weighted by atomic mass is 32.2. The van der Waals surface area contributed by atoms with Crippen LogP contribution in [0.4, 0.5) is 0 Å². The van der Waals surface area contributed by atoms with Crippen molar-refractivity contribution in [2.24, 2.45) is 16.0 Å². The highest BCUT2D eigenvalue weighted by molar-refractivity contribution is 7.86. The van der Waals surface area contributed by atoms with Gasteiger partial charge in [-0.3, -0.25) is 0 Å². The maximum absolute atomic E-state index is 11.6. The minimum atomic E-state index is -3.58. The van der Waals surface area contributed by atoms with Gasteiger partial charge in [0, 0.05) is 25.7 Å². The van der Waals surface area contributed by atoms with Crippen molar-refractivity contribution in [3.05, 3.63) is 0 Å². The molecule has 17 heavy (non-hydrogen) atoms. The van der Waals surface area contributed by atoms with Crippen molar-refractivity contribution < 1.29 is 8.42 Å². The van der Waals surface area contributed by atoms with E-state index in [-0.39, 0.29) is 11.5 Å². The first-order valence-electron chi connectivity index (χ1n) is 6.12. The molecule has 1 heterocycles. The van der Waals surface area contributed by atoms with Crippen LogP contribution >= 0.6 is 0 Å². The summed E-state index contributed by atoms with van der Waals surface area (Å²) in [5.41, 5.74) is 0.304. The topological polar surface area (TPSA) is 75.4 Å². The summed E-state index contributed by atoms with van der Waals surface area (Å²) in [7, 11) is -3.58. The maximum Gasteiger partial charge on any atom is 0.277 e. The summed E-state index contributed by atoms with van der Waals surface area (Å²) >= 11 is 0. The lowest BCUT2D eigenvalue weighted by Gasteiger charge is -2.56. The summed E-state index contributed by atoms with van der Waals surface area (Å²) in [5, 5.41) is 8.58. The van der Waals surface area contributed by atoms with Crippen LogP contribution in [0.15, 0.2) is 0 Å². The second kappa shape index (κ2) is 3.91. The van der Waals surface area contributed by atoms with Crippen molar-refractivity contribution in [3.63, 3.8) is 0 Å². The maximum atomic E-state index is 11.6. The van der Waals surface area contributed by atoms with Gasteiger partial charge in [0.2, 0.25) is 0 Å². The average molecular weight is 261 g/mol. The minimum absolute atomic E-state index is 0.0624. The van der Waals surface area contributed by atoms with Crippen LogP contribution in [0, 0.1) is 10.8 Å². The molecule has 0 unspecified atom stereocenters. The van der Waals surface area contributed by atoms with Gasteiger partial charge in [-0.1, -0.05) is 20.8 Å². The van der Waals surface area contributed by atoms with Gasteiger partial charge < -0.3 is 5.32 Å². The predicted octanol–water partition coefficient (Wildman–Crippen LogP) is 0.290. The molecule has 2 fully saturated rings. The molecule has 3 N–H and O–H groups in total. The van der Waals surface area contributed by atoms with Gasteiger partial charge in [0.1, 0.15) is 0 Å². The SMILES string of the molecule is CC(C)(C)CN(C1CC2(CNC2)C1)S(N)(=O)=O. The molecule has 0 aromatic rings. The Balaban J connectivity index is 2.03. The number of rotatable bonds is 3. The normalized spacial score (nSPS) is 24.8. The molecule has 0 atom stereocenters. The summed E-state index contributed by atoms with van der Waals surface area (Å²) in [5.74, 6) is 0. The molecular formula is C11H23N3O2S. The van der Waals surface area contributed by atoms with Crippen molar-refractivity contribution in [1.29, 1.82) is 0 Å². The zero-order valence-corrected chi connectivity index (χ0v) is 11.7. The van der Waals surface area contributed by atoms with Gasteiger partial charge in [-0.2, -0.15) is 12.7 Å². The standard InChI is InChI=1S/C11H23N3O2S/c1-10(2,3)8-14(17(12,15)16)9-4-11(5-9)6-13-7-11/h9,13H,4-8H2,1-3H3,(H2,12,15,16). The lowest BCUT2D eigenvalue weighted by atomic mass is 9.61. The van der Waals surface area contributed by atoms with Crippen LogP contribution in [-0.4, -0.2) is 38.4 Å². The third kappa shape index (κ3) is 2.81. The Hall–Kier alpha value is -0.170. The molecule has 100 valence electrons. The molecule has 1 aliphatic heterocycles. The number of nitrogens with two attached hydrogens (primary N) is 1. The average Bonchev–Trinajstić information content (AvgIpc) is 1.92. The van der Waals surface area contributed by atoms with E-state index < -0.39 is 10.2 Å². The van der Waals surface area contributed by atoms with E-state index in [1.54, 1.807) is 0 Å². The number of hydrogen-bond donors (Lipinski definition) is 2. The third-order valence-electron chi connectivity index (χ3n) is 3.70. The van der Waals surface area contributed by atoms with Crippen LogP contribution in [-0.2, 0) is 10.2 Å². The Bertz CT molecular complexity index is 387. The van der Waals surface area contributed by atoms with E-state index >= 15 is 0 Å².